The van der Waals surface area contributed by atoms with Gasteiger partial charge < -0.3 is 15.1 Å². The van der Waals surface area contributed by atoms with Gasteiger partial charge in [0.25, 0.3) is 5.91 Å². The lowest BCUT2D eigenvalue weighted by atomic mass is 10.1. The van der Waals surface area contributed by atoms with E-state index in [1.54, 1.807) is 6.26 Å². The summed E-state index contributed by atoms with van der Waals surface area (Å²) >= 11 is 0. The van der Waals surface area contributed by atoms with Crippen LogP contribution in [0.25, 0.3) is 0 Å². The molecule has 2 rings (SSSR count). The van der Waals surface area contributed by atoms with Gasteiger partial charge in [0.1, 0.15) is 5.76 Å². The fraction of sp³-hybridized carbons (Fsp3) is 0.545. The molecule has 1 atom stereocenters. The van der Waals surface area contributed by atoms with Crippen LogP contribution in [0.4, 0.5) is 0 Å². The van der Waals surface area contributed by atoms with Gasteiger partial charge in [-0.15, -0.1) is 0 Å². The van der Waals surface area contributed by atoms with E-state index in [2.05, 4.69) is 10.6 Å². The monoisotopic (exact) mass is 208 g/mol. The molecule has 0 radical (unpaired) electrons. The number of carbonyl (C=O) groups excluding carboxylic acids is 1. The van der Waals surface area contributed by atoms with Crippen molar-refractivity contribution in [2.45, 2.75) is 26.3 Å². The van der Waals surface area contributed by atoms with Crippen molar-refractivity contribution in [1.29, 1.82) is 0 Å². The van der Waals surface area contributed by atoms with E-state index in [0.717, 1.165) is 25.1 Å². The molecule has 1 amide bonds. The van der Waals surface area contributed by atoms with Crippen LogP contribution in [0.3, 0.4) is 0 Å². The second kappa shape index (κ2) is 4.06. The van der Waals surface area contributed by atoms with Crippen molar-refractivity contribution in [3.8, 4) is 0 Å². The van der Waals surface area contributed by atoms with Crippen LogP contribution < -0.4 is 10.6 Å². The number of furan rings is 1. The molecule has 2 N–H and O–H groups in total. The number of aryl methyl sites for hydroxylation is 2. The van der Waals surface area contributed by atoms with Gasteiger partial charge in [0.2, 0.25) is 0 Å². The van der Waals surface area contributed by atoms with Crippen LogP contribution in [0.1, 0.15) is 28.1 Å². The summed E-state index contributed by atoms with van der Waals surface area (Å²) in [6.07, 6.45) is 2.62. The molecule has 1 aliphatic rings. The summed E-state index contributed by atoms with van der Waals surface area (Å²) in [5.74, 6) is 0.670. The van der Waals surface area contributed by atoms with E-state index in [9.17, 15) is 4.79 Å². The fourth-order valence-corrected chi connectivity index (χ4v) is 1.95. The zero-order chi connectivity index (χ0) is 10.8. The molecule has 0 bridgehead atoms. The molecule has 4 nitrogen and oxygen atoms in total. The van der Waals surface area contributed by atoms with Crippen molar-refractivity contribution < 1.29 is 9.21 Å². The number of nitrogens with one attached hydrogen (secondary N) is 2. The van der Waals surface area contributed by atoms with E-state index in [4.69, 9.17) is 4.42 Å². The number of hydrogen-bond acceptors (Lipinski definition) is 3. The van der Waals surface area contributed by atoms with Gasteiger partial charge in [-0.25, -0.2) is 0 Å². The lowest BCUT2D eigenvalue weighted by Gasteiger charge is -2.11. The molecule has 0 saturated carbocycles. The first-order valence-corrected chi connectivity index (χ1v) is 5.24. The molecule has 0 aromatic carbocycles. The van der Waals surface area contributed by atoms with E-state index in [0.29, 0.717) is 11.3 Å². The molecule has 2 heterocycles. The minimum absolute atomic E-state index is 0.0209. The Bertz CT molecular complexity index is 345. The second-order valence-electron chi connectivity index (χ2n) is 4.01. The molecule has 4 heteroatoms. The third-order valence-electron chi connectivity index (χ3n) is 2.78. The number of rotatable bonds is 2. The maximum absolute atomic E-state index is 11.9. The highest BCUT2D eigenvalue weighted by Gasteiger charge is 2.21. The van der Waals surface area contributed by atoms with Crippen molar-refractivity contribution in [3.63, 3.8) is 0 Å². The Balaban J connectivity index is 2.07. The standard InChI is InChI=1S/C11H16N2O2/c1-7-6-15-8(2)10(7)11(14)13-9-3-4-12-5-9/h6,9,12H,3-5H2,1-2H3,(H,13,14). The molecule has 1 fully saturated rings. The van der Waals surface area contributed by atoms with Crippen LogP contribution in [-0.2, 0) is 0 Å². The van der Waals surface area contributed by atoms with Gasteiger partial charge >= 0.3 is 0 Å². The predicted octanol–water partition coefficient (Wildman–Crippen LogP) is 0.988. The van der Waals surface area contributed by atoms with Crippen molar-refractivity contribution in [2.24, 2.45) is 0 Å². The summed E-state index contributed by atoms with van der Waals surface area (Å²) in [6.45, 7) is 5.54. The Kier molecular flexibility index (Phi) is 2.77. The Morgan fingerprint density at radius 1 is 1.60 bits per heavy atom. The van der Waals surface area contributed by atoms with Crippen molar-refractivity contribution >= 4 is 5.91 Å². The van der Waals surface area contributed by atoms with Crippen LogP contribution >= 0.6 is 0 Å². The Hall–Kier alpha value is -1.29. The molecular weight excluding hydrogens is 192 g/mol. The quantitative estimate of drug-likeness (QED) is 0.762. The van der Waals surface area contributed by atoms with E-state index >= 15 is 0 Å². The van der Waals surface area contributed by atoms with Gasteiger partial charge in [0.15, 0.2) is 0 Å². The highest BCUT2D eigenvalue weighted by molar-refractivity contribution is 5.96. The minimum atomic E-state index is -0.0209. The Morgan fingerprint density at radius 2 is 2.40 bits per heavy atom. The summed E-state index contributed by atoms with van der Waals surface area (Å²) in [5.41, 5.74) is 1.58. The summed E-state index contributed by atoms with van der Waals surface area (Å²) in [4.78, 5) is 11.9. The SMILES string of the molecule is Cc1coc(C)c1C(=O)NC1CCNC1. The van der Waals surface area contributed by atoms with Crippen LogP contribution in [0.15, 0.2) is 10.7 Å². The van der Waals surface area contributed by atoms with E-state index < -0.39 is 0 Å². The van der Waals surface area contributed by atoms with Crippen LogP contribution in [0, 0.1) is 13.8 Å². The third kappa shape index (κ3) is 2.04. The van der Waals surface area contributed by atoms with Gasteiger partial charge in [-0.3, -0.25) is 4.79 Å². The second-order valence-corrected chi connectivity index (χ2v) is 4.01. The van der Waals surface area contributed by atoms with Gasteiger partial charge in [0, 0.05) is 18.2 Å². The predicted molar refractivity (Wildman–Crippen MR) is 56.9 cm³/mol. The molecule has 0 aliphatic carbocycles. The number of hydrogen-bond donors (Lipinski definition) is 2. The zero-order valence-corrected chi connectivity index (χ0v) is 9.09. The normalized spacial score (nSPS) is 20.5. The number of carbonyl (C=O) groups is 1. The molecule has 1 aliphatic heterocycles. The Morgan fingerprint density at radius 3 is 2.93 bits per heavy atom. The topological polar surface area (TPSA) is 54.3 Å². The molecular formula is C11H16N2O2. The average Bonchev–Trinajstić information content (AvgIpc) is 2.77. The third-order valence-corrected chi connectivity index (χ3v) is 2.78. The van der Waals surface area contributed by atoms with Gasteiger partial charge in [-0.05, 0) is 26.8 Å². The molecule has 1 aromatic rings. The average molecular weight is 208 g/mol. The molecule has 0 spiro atoms. The highest BCUT2D eigenvalue weighted by Crippen LogP contribution is 2.15. The largest absolute Gasteiger partial charge is 0.469 e. The first kappa shape index (κ1) is 10.2. The maximum atomic E-state index is 11.9. The van der Waals surface area contributed by atoms with Crippen LogP contribution in [0.2, 0.25) is 0 Å². The summed E-state index contributed by atoms with van der Waals surface area (Å²) in [7, 11) is 0. The van der Waals surface area contributed by atoms with Crippen molar-refractivity contribution in [3.05, 3.63) is 23.2 Å². The van der Waals surface area contributed by atoms with Crippen molar-refractivity contribution in [1.82, 2.24) is 10.6 Å². The highest BCUT2D eigenvalue weighted by atomic mass is 16.3. The van der Waals surface area contributed by atoms with Gasteiger partial charge in [-0.1, -0.05) is 0 Å². The zero-order valence-electron chi connectivity index (χ0n) is 9.09. The molecule has 15 heavy (non-hydrogen) atoms. The maximum Gasteiger partial charge on any atom is 0.255 e. The molecule has 1 unspecified atom stereocenters. The van der Waals surface area contributed by atoms with E-state index in [1.807, 2.05) is 13.8 Å². The molecule has 1 saturated heterocycles. The number of amides is 1. The Labute approximate surface area is 89.0 Å². The van der Waals surface area contributed by atoms with Gasteiger partial charge in [-0.2, -0.15) is 0 Å². The molecule has 82 valence electrons. The minimum Gasteiger partial charge on any atom is -0.469 e. The first-order valence-electron chi connectivity index (χ1n) is 5.24. The van der Waals surface area contributed by atoms with Gasteiger partial charge in [0.05, 0.1) is 11.8 Å². The smallest absolute Gasteiger partial charge is 0.255 e. The van der Waals surface area contributed by atoms with Crippen LogP contribution in [-0.4, -0.2) is 25.0 Å². The summed E-state index contributed by atoms with van der Waals surface area (Å²) in [5, 5.41) is 6.22. The first-order chi connectivity index (χ1) is 7.18. The van der Waals surface area contributed by atoms with Crippen molar-refractivity contribution in [2.75, 3.05) is 13.1 Å². The fourth-order valence-electron chi connectivity index (χ4n) is 1.95. The lowest BCUT2D eigenvalue weighted by molar-refractivity contribution is 0.0938. The summed E-state index contributed by atoms with van der Waals surface area (Å²) in [6, 6.07) is 0.256. The van der Waals surface area contributed by atoms with E-state index in [1.165, 1.54) is 0 Å². The van der Waals surface area contributed by atoms with E-state index in [-0.39, 0.29) is 11.9 Å². The van der Waals surface area contributed by atoms with Crippen LogP contribution in [0.5, 0.6) is 0 Å². The lowest BCUT2D eigenvalue weighted by Crippen LogP contribution is -2.36. The molecule has 1 aromatic heterocycles. The summed E-state index contributed by atoms with van der Waals surface area (Å²) < 4.78 is 5.20.